The van der Waals surface area contributed by atoms with Crippen LogP contribution in [0.15, 0.2) is 40.4 Å². The number of hydrogen-bond donors (Lipinski definition) is 2. The van der Waals surface area contributed by atoms with Gasteiger partial charge in [-0.1, -0.05) is 29.3 Å². The number of halogens is 3. The Morgan fingerprint density at radius 1 is 1.24 bits per heavy atom. The fraction of sp³-hybridized carbons (Fsp3) is 0.105. The van der Waals surface area contributed by atoms with Crippen molar-refractivity contribution < 1.29 is 24.2 Å². The molecular weight excluding hydrogens is 487 g/mol. The van der Waals surface area contributed by atoms with Gasteiger partial charge in [-0.3, -0.25) is 14.9 Å². The van der Waals surface area contributed by atoms with E-state index in [1.807, 2.05) is 0 Å². The Balaban J connectivity index is 2.08. The zero-order chi connectivity index (χ0) is 21.3. The molecule has 0 atom stereocenters. The van der Waals surface area contributed by atoms with Gasteiger partial charge in [-0.05, 0) is 58.8 Å². The number of carbonyl (C=O) groups is 3. The van der Waals surface area contributed by atoms with Crippen molar-refractivity contribution in [3.8, 4) is 11.5 Å². The van der Waals surface area contributed by atoms with E-state index in [4.69, 9.17) is 27.9 Å². The molecule has 0 aromatic heterocycles. The van der Waals surface area contributed by atoms with E-state index in [1.165, 1.54) is 36.4 Å². The second-order valence-corrected chi connectivity index (χ2v) is 7.45. The number of barbiturate groups is 1. The van der Waals surface area contributed by atoms with Crippen molar-refractivity contribution in [2.24, 2.45) is 0 Å². The van der Waals surface area contributed by atoms with Gasteiger partial charge in [0, 0.05) is 0 Å². The molecule has 0 saturated carbocycles. The van der Waals surface area contributed by atoms with Crippen molar-refractivity contribution in [2.75, 3.05) is 11.5 Å². The highest BCUT2D eigenvalue weighted by Crippen LogP contribution is 2.37. The van der Waals surface area contributed by atoms with E-state index in [9.17, 15) is 19.5 Å². The normalized spacial score (nSPS) is 15.7. The number of anilines is 1. The number of benzene rings is 2. The summed E-state index contributed by atoms with van der Waals surface area (Å²) in [6, 6.07) is 6.48. The van der Waals surface area contributed by atoms with Gasteiger partial charge in [0.2, 0.25) is 0 Å². The Hall–Kier alpha value is -2.55. The molecule has 0 aliphatic carbocycles. The van der Waals surface area contributed by atoms with Gasteiger partial charge in [0.05, 0.1) is 26.8 Å². The van der Waals surface area contributed by atoms with Crippen LogP contribution in [0.2, 0.25) is 10.0 Å². The summed E-state index contributed by atoms with van der Waals surface area (Å²) < 4.78 is 5.66. The lowest BCUT2D eigenvalue weighted by molar-refractivity contribution is -0.122. The lowest BCUT2D eigenvalue weighted by atomic mass is 10.1. The fourth-order valence-corrected chi connectivity index (χ4v) is 3.49. The summed E-state index contributed by atoms with van der Waals surface area (Å²) in [7, 11) is 0. The first-order chi connectivity index (χ1) is 13.7. The van der Waals surface area contributed by atoms with E-state index < -0.39 is 17.8 Å². The van der Waals surface area contributed by atoms with Crippen molar-refractivity contribution >= 4 is 68.7 Å². The molecule has 10 heteroatoms. The molecule has 7 nitrogen and oxygen atoms in total. The van der Waals surface area contributed by atoms with Gasteiger partial charge in [0.25, 0.3) is 11.8 Å². The summed E-state index contributed by atoms with van der Waals surface area (Å²) in [6.45, 7) is 2.05. The Labute approximate surface area is 184 Å². The van der Waals surface area contributed by atoms with Crippen molar-refractivity contribution in [1.29, 1.82) is 0 Å². The van der Waals surface area contributed by atoms with E-state index >= 15 is 0 Å². The van der Waals surface area contributed by atoms with Crippen molar-refractivity contribution in [1.82, 2.24) is 5.32 Å². The highest BCUT2D eigenvalue weighted by Gasteiger charge is 2.38. The van der Waals surface area contributed by atoms with E-state index in [2.05, 4.69) is 21.2 Å². The van der Waals surface area contributed by atoms with Crippen molar-refractivity contribution in [2.45, 2.75) is 6.92 Å². The average Bonchev–Trinajstić information content (AvgIpc) is 2.66. The molecule has 150 valence electrons. The van der Waals surface area contributed by atoms with Crippen LogP contribution in [0.1, 0.15) is 12.5 Å². The van der Waals surface area contributed by atoms with Crippen LogP contribution < -0.4 is 15.0 Å². The van der Waals surface area contributed by atoms with E-state index in [1.54, 1.807) is 6.92 Å². The zero-order valence-electron chi connectivity index (χ0n) is 14.8. The SMILES string of the molecule is CCOc1cc(/C=C2\C(=O)NC(=O)N(c3cccc(Cl)c3Cl)C2=O)cc(Br)c1O. The minimum atomic E-state index is -0.941. The monoisotopic (exact) mass is 498 g/mol. The smallest absolute Gasteiger partial charge is 0.336 e. The lowest BCUT2D eigenvalue weighted by Crippen LogP contribution is -2.54. The number of carbonyl (C=O) groups excluding carboxylic acids is 3. The number of nitrogens with one attached hydrogen (secondary N) is 1. The Morgan fingerprint density at radius 3 is 2.66 bits per heavy atom. The fourth-order valence-electron chi connectivity index (χ4n) is 2.65. The predicted molar refractivity (Wildman–Crippen MR) is 112 cm³/mol. The third-order valence-electron chi connectivity index (χ3n) is 3.94. The number of imide groups is 2. The Morgan fingerprint density at radius 2 is 1.97 bits per heavy atom. The third-order valence-corrected chi connectivity index (χ3v) is 5.35. The number of phenols is 1. The number of nitrogens with zero attached hydrogens (tertiary/aromatic N) is 1. The minimum absolute atomic E-state index is 0.00243. The molecule has 29 heavy (non-hydrogen) atoms. The van der Waals surface area contributed by atoms with Crippen LogP contribution in [-0.4, -0.2) is 29.6 Å². The molecule has 1 saturated heterocycles. The van der Waals surface area contributed by atoms with Gasteiger partial charge in [-0.15, -0.1) is 0 Å². The van der Waals surface area contributed by atoms with Gasteiger partial charge in [0.15, 0.2) is 11.5 Å². The van der Waals surface area contributed by atoms with Crippen LogP contribution in [0.4, 0.5) is 10.5 Å². The standard InChI is InChI=1S/C19H13BrCl2N2O5/c1-2-29-14-8-9(7-11(20)16(14)25)6-10-17(26)23-19(28)24(18(10)27)13-5-3-4-12(21)15(13)22/h3-8,25H,2H2,1H3,(H,23,26,28)/b10-6+. The topological polar surface area (TPSA) is 95.9 Å². The second kappa shape index (κ2) is 8.44. The van der Waals surface area contributed by atoms with Gasteiger partial charge >= 0.3 is 6.03 Å². The second-order valence-electron chi connectivity index (χ2n) is 5.81. The molecule has 2 aromatic rings. The maximum atomic E-state index is 13.0. The summed E-state index contributed by atoms with van der Waals surface area (Å²) in [5.41, 5.74) is 0.130. The Bertz CT molecular complexity index is 1070. The minimum Gasteiger partial charge on any atom is -0.503 e. The molecule has 0 radical (unpaired) electrons. The first kappa shape index (κ1) is 21.2. The molecular formula is C19H13BrCl2N2O5. The molecule has 3 rings (SSSR count). The van der Waals surface area contributed by atoms with E-state index in [0.29, 0.717) is 16.6 Å². The van der Waals surface area contributed by atoms with Crippen LogP contribution in [-0.2, 0) is 9.59 Å². The summed E-state index contributed by atoms with van der Waals surface area (Å²) >= 11 is 15.3. The van der Waals surface area contributed by atoms with Crippen molar-refractivity contribution in [3.05, 3.63) is 56.0 Å². The number of phenolic OH excluding ortho intramolecular Hbond substituents is 1. The average molecular weight is 500 g/mol. The molecule has 1 aliphatic heterocycles. The molecule has 1 aliphatic rings. The van der Waals surface area contributed by atoms with Gasteiger partial charge in [-0.2, -0.15) is 0 Å². The maximum absolute atomic E-state index is 13.0. The van der Waals surface area contributed by atoms with Crippen LogP contribution in [0.5, 0.6) is 11.5 Å². The molecule has 0 bridgehead atoms. The largest absolute Gasteiger partial charge is 0.503 e. The highest BCUT2D eigenvalue weighted by atomic mass is 79.9. The van der Waals surface area contributed by atoms with Crippen LogP contribution in [0.25, 0.3) is 6.08 Å². The number of ether oxygens (including phenoxy) is 1. The molecule has 1 fully saturated rings. The lowest BCUT2D eigenvalue weighted by Gasteiger charge is -2.27. The predicted octanol–water partition coefficient (Wildman–Crippen LogP) is 4.53. The Kier molecular flexibility index (Phi) is 6.16. The number of urea groups is 1. The molecule has 2 N–H and O–H groups in total. The zero-order valence-corrected chi connectivity index (χ0v) is 17.9. The van der Waals surface area contributed by atoms with Crippen molar-refractivity contribution in [3.63, 3.8) is 0 Å². The van der Waals surface area contributed by atoms with Gasteiger partial charge < -0.3 is 9.84 Å². The molecule has 1 heterocycles. The van der Waals surface area contributed by atoms with Crippen LogP contribution >= 0.6 is 39.1 Å². The maximum Gasteiger partial charge on any atom is 0.336 e. The first-order valence-corrected chi connectivity index (χ1v) is 9.80. The molecule has 0 spiro atoms. The number of aromatic hydroxyl groups is 1. The third kappa shape index (κ3) is 4.10. The summed E-state index contributed by atoms with van der Waals surface area (Å²) in [4.78, 5) is 38.3. The summed E-state index contributed by atoms with van der Waals surface area (Å²) in [5.74, 6) is -1.68. The number of hydrogen-bond acceptors (Lipinski definition) is 5. The summed E-state index contributed by atoms with van der Waals surface area (Å²) in [6.07, 6.45) is 1.28. The van der Waals surface area contributed by atoms with E-state index in [-0.39, 0.29) is 32.8 Å². The van der Waals surface area contributed by atoms with Gasteiger partial charge in [-0.25, -0.2) is 9.69 Å². The molecule has 2 aromatic carbocycles. The first-order valence-electron chi connectivity index (χ1n) is 8.25. The van der Waals surface area contributed by atoms with Crippen LogP contribution in [0, 0.1) is 0 Å². The number of rotatable bonds is 4. The van der Waals surface area contributed by atoms with E-state index in [0.717, 1.165) is 4.90 Å². The summed E-state index contributed by atoms with van der Waals surface area (Å²) in [5, 5.41) is 12.3. The van der Waals surface area contributed by atoms with Gasteiger partial charge in [0.1, 0.15) is 5.57 Å². The quantitative estimate of drug-likeness (QED) is 0.476. The number of amides is 4. The molecule has 4 amide bonds. The molecule has 0 unspecified atom stereocenters. The van der Waals surface area contributed by atoms with Crippen LogP contribution in [0.3, 0.4) is 0 Å². The highest BCUT2D eigenvalue weighted by molar-refractivity contribution is 9.10.